The zero-order valence-electron chi connectivity index (χ0n) is 15.1. The maximum Gasteiger partial charge on any atom is 0.309 e. The zero-order valence-corrected chi connectivity index (χ0v) is 17.5. The lowest BCUT2D eigenvalue weighted by Gasteiger charge is -2.33. The number of carbonyl (C=O) groups excluding carboxylic acids is 1. The molecule has 0 atom stereocenters. The molecule has 0 bridgehead atoms. The standard InChI is InChI=1S/C17H33N3O2.HI/c1-5-18-17(19-11-7-8-14(3)4)20-12-9-15(10-13-20)16(21)22-6-2;/h14-15H,5-13H2,1-4H3,(H,18,19);1H. The molecule has 1 aliphatic heterocycles. The molecule has 1 saturated heterocycles. The topological polar surface area (TPSA) is 53.9 Å². The minimum absolute atomic E-state index is 0. The van der Waals surface area contributed by atoms with Gasteiger partial charge in [-0.15, -0.1) is 24.0 Å². The minimum Gasteiger partial charge on any atom is -0.466 e. The molecule has 1 fully saturated rings. The van der Waals surface area contributed by atoms with Crippen LogP contribution in [0.3, 0.4) is 0 Å². The average Bonchev–Trinajstić information content (AvgIpc) is 2.50. The highest BCUT2D eigenvalue weighted by Gasteiger charge is 2.27. The number of nitrogens with zero attached hydrogens (tertiary/aromatic N) is 2. The quantitative estimate of drug-likeness (QED) is 0.218. The van der Waals surface area contributed by atoms with Gasteiger partial charge in [0.25, 0.3) is 0 Å². The average molecular weight is 439 g/mol. The third-order valence-corrected chi connectivity index (χ3v) is 3.95. The van der Waals surface area contributed by atoms with Crippen LogP contribution in [0, 0.1) is 11.8 Å². The molecule has 0 aromatic carbocycles. The Morgan fingerprint density at radius 2 is 1.96 bits per heavy atom. The number of nitrogens with one attached hydrogen (secondary N) is 1. The zero-order chi connectivity index (χ0) is 16.4. The van der Waals surface area contributed by atoms with Gasteiger partial charge in [-0.2, -0.15) is 0 Å². The first kappa shape index (κ1) is 22.5. The Balaban J connectivity index is 0.00000484. The monoisotopic (exact) mass is 439 g/mol. The van der Waals surface area contributed by atoms with Crippen molar-refractivity contribution in [3.63, 3.8) is 0 Å². The highest BCUT2D eigenvalue weighted by molar-refractivity contribution is 14.0. The van der Waals surface area contributed by atoms with E-state index in [2.05, 4.69) is 31.0 Å². The summed E-state index contributed by atoms with van der Waals surface area (Å²) in [6.07, 6.45) is 4.06. The van der Waals surface area contributed by atoms with Gasteiger partial charge in [-0.05, 0) is 45.4 Å². The Hall–Kier alpha value is -0.530. The highest BCUT2D eigenvalue weighted by Crippen LogP contribution is 2.18. The Kier molecular flexibility index (Phi) is 12.5. The molecule has 0 aromatic heterocycles. The van der Waals surface area contributed by atoms with E-state index in [0.29, 0.717) is 6.61 Å². The Morgan fingerprint density at radius 3 is 2.48 bits per heavy atom. The van der Waals surface area contributed by atoms with Crippen LogP contribution in [0.4, 0.5) is 0 Å². The van der Waals surface area contributed by atoms with E-state index < -0.39 is 0 Å². The van der Waals surface area contributed by atoms with Crippen LogP contribution in [0.5, 0.6) is 0 Å². The van der Waals surface area contributed by atoms with Crippen LogP contribution in [0.1, 0.15) is 53.4 Å². The first-order chi connectivity index (χ1) is 10.6. The molecular formula is C17H34IN3O2. The summed E-state index contributed by atoms with van der Waals surface area (Å²) in [5.41, 5.74) is 0. The number of hydrogen-bond donors (Lipinski definition) is 1. The van der Waals surface area contributed by atoms with Crippen molar-refractivity contribution >= 4 is 35.9 Å². The summed E-state index contributed by atoms with van der Waals surface area (Å²) in [6, 6.07) is 0. The molecule has 6 heteroatoms. The molecule has 0 amide bonds. The fraction of sp³-hybridized carbons (Fsp3) is 0.882. The summed E-state index contributed by atoms with van der Waals surface area (Å²) in [7, 11) is 0. The molecule has 1 rings (SSSR count). The van der Waals surface area contributed by atoms with Crippen molar-refractivity contribution in [3.05, 3.63) is 0 Å². The van der Waals surface area contributed by atoms with Gasteiger partial charge in [-0.25, -0.2) is 0 Å². The Labute approximate surface area is 158 Å². The molecule has 0 spiro atoms. The summed E-state index contributed by atoms with van der Waals surface area (Å²) >= 11 is 0. The third kappa shape index (κ3) is 8.77. The number of piperidine rings is 1. The van der Waals surface area contributed by atoms with Crippen LogP contribution in [0.25, 0.3) is 0 Å². The number of halogens is 1. The van der Waals surface area contributed by atoms with Crippen molar-refractivity contribution < 1.29 is 9.53 Å². The van der Waals surface area contributed by atoms with Gasteiger partial charge in [0.2, 0.25) is 0 Å². The van der Waals surface area contributed by atoms with Gasteiger partial charge >= 0.3 is 5.97 Å². The van der Waals surface area contributed by atoms with Gasteiger partial charge in [0, 0.05) is 26.2 Å². The molecule has 0 radical (unpaired) electrons. The van der Waals surface area contributed by atoms with Crippen molar-refractivity contribution in [2.24, 2.45) is 16.8 Å². The van der Waals surface area contributed by atoms with Crippen LogP contribution >= 0.6 is 24.0 Å². The smallest absolute Gasteiger partial charge is 0.309 e. The summed E-state index contributed by atoms with van der Waals surface area (Å²) in [4.78, 5) is 18.8. The molecule has 0 aromatic rings. The van der Waals surface area contributed by atoms with Crippen molar-refractivity contribution in [3.8, 4) is 0 Å². The molecule has 0 saturated carbocycles. The SMILES string of the molecule is CCNC(=NCCCC(C)C)N1CCC(C(=O)OCC)CC1.I. The second kappa shape index (κ2) is 12.8. The van der Waals surface area contributed by atoms with Crippen LogP contribution < -0.4 is 5.32 Å². The van der Waals surface area contributed by atoms with Gasteiger partial charge in [0.1, 0.15) is 0 Å². The van der Waals surface area contributed by atoms with E-state index >= 15 is 0 Å². The van der Waals surface area contributed by atoms with E-state index in [1.54, 1.807) is 0 Å². The fourth-order valence-electron chi connectivity index (χ4n) is 2.70. The van der Waals surface area contributed by atoms with Crippen LogP contribution in [-0.2, 0) is 9.53 Å². The first-order valence-electron chi connectivity index (χ1n) is 8.78. The van der Waals surface area contributed by atoms with Gasteiger partial charge in [-0.1, -0.05) is 13.8 Å². The summed E-state index contributed by atoms with van der Waals surface area (Å²) < 4.78 is 5.12. The van der Waals surface area contributed by atoms with E-state index in [4.69, 9.17) is 9.73 Å². The molecule has 0 unspecified atom stereocenters. The number of rotatable bonds is 7. The van der Waals surface area contributed by atoms with Crippen molar-refractivity contribution in [1.82, 2.24) is 10.2 Å². The van der Waals surface area contributed by atoms with Crippen molar-refractivity contribution in [2.75, 3.05) is 32.8 Å². The molecule has 1 N–H and O–H groups in total. The number of hydrogen-bond acceptors (Lipinski definition) is 3. The van der Waals surface area contributed by atoms with Gasteiger partial charge in [-0.3, -0.25) is 9.79 Å². The second-order valence-corrected chi connectivity index (χ2v) is 6.29. The van der Waals surface area contributed by atoms with Crippen LogP contribution in [-0.4, -0.2) is 49.6 Å². The maximum absolute atomic E-state index is 11.8. The summed E-state index contributed by atoms with van der Waals surface area (Å²) in [6.45, 7) is 12.4. The van der Waals surface area contributed by atoms with E-state index in [1.807, 2.05) is 6.92 Å². The highest BCUT2D eigenvalue weighted by atomic mass is 127. The largest absolute Gasteiger partial charge is 0.466 e. The van der Waals surface area contributed by atoms with Crippen LogP contribution in [0.2, 0.25) is 0 Å². The lowest BCUT2D eigenvalue weighted by atomic mass is 9.97. The van der Waals surface area contributed by atoms with Crippen molar-refractivity contribution in [2.45, 2.75) is 53.4 Å². The van der Waals surface area contributed by atoms with Gasteiger partial charge in [0.05, 0.1) is 12.5 Å². The van der Waals surface area contributed by atoms with Crippen molar-refractivity contribution in [1.29, 1.82) is 0 Å². The number of guanidine groups is 1. The molecule has 23 heavy (non-hydrogen) atoms. The second-order valence-electron chi connectivity index (χ2n) is 6.29. The summed E-state index contributed by atoms with van der Waals surface area (Å²) in [5, 5.41) is 3.37. The maximum atomic E-state index is 11.8. The molecule has 136 valence electrons. The lowest BCUT2D eigenvalue weighted by Crippen LogP contribution is -2.46. The Bertz CT molecular complexity index is 354. The normalized spacial score (nSPS) is 16.2. The van der Waals surface area contributed by atoms with E-state index in [-0.39, 0.29) is 35.9 Å². The number of ether oxygens (including phenoxy) is 1. The lowest BCUT2D eigenvalue weighted by molar-refractivity contribution is -0.149. The third-order valence-electron chi connectivity index (χ3n) is 3.95. The predicted octanol–water partition coefficient (Wildman–Crippen LogP) is 3.28. The number of likely N-dealkylation sites (tertiary alicyclic amines) is 1. The van der Waals surface area contributed by atoms with Gasteiger partial charge < -0.3 is 15.0 Å². The fourth-order valence-corrected chi connectivity index (χ4v) is 2.70. The summed E-state index contributed by atoms with van der Waals surface area (Å²) in [5.74, 6) is 1.74. The predicted molar refractivity (Wildman–Crippen MR) is 106 cm³/mol. The molecule has 1 aliphatic rings. The Morgan fingerprint density at radius 1 is 1.30 bits per heavy atom. The number of aliphatic imine (C=N–C) groups is 1. The molecule has 1 heterocycles. The van der Waals surface area contributed by atoms with E-state index in [9.17, 15) is 4.79 Å². The van der Waals surface area contributed by atoms with E-state index in [1.165, 1.54) is 6.42 Å². The molecule has 0 aliphatic carbocycles. The van der Waals surface area contributed by atoms with E-state index in [0.717, 1.165) is 57.3 Å². The minimum atomic E-state index is -0.0407. The molecule has 5 nitrogen and oxygen atoms in total. The number of esters is 1. The molecular weight excluding hydrogens is 405 g/mol. The van der Waals surface area contributed by atoms with Gasteiger partial charge in [0.15, 0.2) is 5.96 Å². The number of carbonyl (C=O) groups is 1. The first-order valence-corrected chi connectivity index (χ1v) is 8.78. The van der Waals surface area contributed by atoms with Crippen LogP contribution in [0.15, 0.2) is 4.99 Å².